The van der Waals surface area contributed by atoms with Gasteiger partial charge in [0.25, 0.3) is 11.6 Å². The second-order valence-corrected chi connectivity index (χ2v) is 7.80. The third kappa shape index (κ3) is 4.89. The Morgan fingerprint density at radius 1 is 1.14 bits per heavy atom. The summed E-state index contributed by atoms with van der Waals surface area (Å²) >= 11 is 1.86. The Hall–Kier alpha value is -2.87. The predicted molar refractivity (Wildman–Crippen MR) is 110 cm³/mol. The number of aryl methyl sites for hydroxylation is 1. The van der Waals surface area contributed by atoms with Gasteiger partial charge in [-0.25, -0.2) is 0 Å². The minimum atomic E-state index is -0.525. The number of thioether (sulfide) groups is 1. The van der Waals surface area contributed by atoms with Crippen LogP contribution in [0.1, 0.15) is 21.5 Å². The van der Waals surface area contributed by atoms with Crippen molar-refractivity contribution in [2.24, 2.45) is 0 Å². The molecule has 0 bridgehead atoms. The average molecular weight is 399 g/mol. The Morgan fingerprint density at radius 2 is 1.82 bits per heavy atom. The summed E-state index contributed by atoms with van der Waals surface area (Å²) in [5.74, 6) is 1.67. The molecule has 0 saturated carbocycles. The van der Waals surface area contributed by atoms with E-state index in [2.05, 4.69) is 5.32 Å². The van der Waals surface area contributed by atoms with Gasteiger partial charge in [0, 0.05) is 48.0 Å². The van der Waals surface area contributed by atoms with Crippen molar-refractivity contribution in [2.45, 2.75) is 13.3 Å². The standard InChI is InChI=1S/C20H21N3O4S/c1-14-2-7-17(23(26)27)13-18(14)20(25)21-16-5-3-15(4-6-16)12-19(24)22-8-10-28-11-9-22/h2-7,13H,8-12H2,1H3,(H,21,25). The fraction of sp³-hybridized carbons (Fsp3) is 0.300. The predicted octanol–water partition coefficient (Wildman–Crippen LogP) is 3.27. The first-order valence-electron chi connectivity index (χ1n) is 8.95. The van der Waals surface area contributed by atoms with E-state index in [1.807, 2.05) is 28.8 Å². The molecule has 1 aliphatic heterocycles. The molecule has 146 valence electrons. The monoisotopic (exact) mass is 399 g/mol. The molecule has 1 heterocycles. The molecule has 2 aromatic rings. The van der Waals surface area contributed by atoms with Crippen LogP contribution < -0.4 is 5.32 Å². The van der Waals surface area contributed by atoms with Gasteiger partial charge in [-0.2, -0.15) is 11.8 Å². The number of nitrogens with zero attached hydrogens (tertiary/aromatic N) is 2. The van der Waals surface area contributed by atoms with Crippen molar-refractivity contribution in [3.8, 4) is 0 Å². The molecule has 1 fully saturated rings. The molecule has 0 unspecified atom stereocenters. The number of nitro benzene ring substituents is 1. The lowest BCUT2D eigenvalue weighted by Gasteiger charge is -2.26. The van der Waals surface area contributed by atoms with E-state index in [4.69, 9.17) is 0 Å². The number of benzene rings is 2. The highest BCUT2D eigenvalue weighted by Crippen LogP contribution is 2.19. The van der Waals surface area contributed by atoms with Crippen LogP contribution in [-0.2, 0) is 11.2 Å². The van der Waals surface area contributed by atoms with Crippen LogP contribution in [-0.4, -0.2) is 46.2 Å². The van der Waals surface area contributed by atoms with Gasteiger partial charge < -0.3 is 10.2 Å². The first-order valence-corrected chi connectivity index (χ1v) is 10.1. The van der Waals surface area contributed by atoms with Gasteiger partial charge >= 0.3 is 0 Å². The zero-order valence-corrected chi connectivity index (χ0v) is 16.3. The molecule has 1 N–H and O–H groups in total. The van der Waals surface area contributed by atoms with Crippen molar-refractivity contribution in [3.63, 3.8) is 0 Å². The van der Waals surface area contributed by atoms with Crippen LogP contribution in [0.15, 0.2) is 42.5 Å². The molecule has 1 aliphatic rings. The molecule has 3 rings (SSSR count). The van der Waals surface area contributed by atoms with E-state index in [1.54, 1.807) is 25.1 Å². The lowest BCUT2D eigenvalue weighted by Crippen LogP contribution is -2.38. The van der Waals surface area contributed by atoms with Crippen LogP contribution in [0.3, 0.4) is 0 Å². The molecule has 0 aromatic heterocycles. The van der Waals surface area contributed by atoms with E-state index in [0.717, 1.165) is 30.2 Å². The normalized spacial score (nSPS) is 13.8. The molecule has 0 atom stereocenters. The number of carbonyl (C=O) groups is 2. The molecule has 2 aromatic carbocycles. The third-order valence-corrected chi connectivity index (χ3v) is 5.55. The Bertz CT molecular complexity index is 893. The van der Waals surface area contributed by atoms with Gasteiger partial charge in [0.05, 0.1) is 11.3 Å². The van der Waals surface area contributed by atoms with Gasteiger partial charge in [0.1, 0.15) is 0 Å². The summed E-state index contributed by atoms with van der Waals surface area (Å²) in [5, 5.41) is 13.7. The van der Waals surface area contributed by atoms with E-state index in [1.165, 1.54) is 12.1 Å². The quantitative estimate of drug-likeness (QED) is 0.615. The van der Waals surface area contributed by atoms with Gasteiger partial charge in [-0.3, -0.25) is 19.7 Å². The maximum absolute atomic E-state index is 12.5. The van der Waals surface area contributed by atoms with Gasteiger partial charge in [0.2, 0.25) is 5.91 Å². The minimum Gasteiger partial charge on any atom is -0.341 e. The zero-order valence-electron chi connectivity index (χ0n) is 15.5. The minimum absolute atomic E-state index is 0.115. The number of carbonyl (C=O) groups excluding carboxylic acids is 2. The summed E-state index contributed by atoms with van der Waals surface area (Å²) in [6.07, 6.45) is 0.336. The maximum Gasteiger partial charge on any atom is 0.270 e. The van der Waals surface area contributed by atoms with E-state index < -0.39 is 10.8 Å². The van der Waals surface area contributed by atoms with Crippen molar-refractivity contribution < 1.29 is 14.5 Å². The summed E-state index contributed by atoms with van der Waals surface area (Å²) in [4.78, 5) is 37.1. The number of nitrogens with one attached hydrogen (secondary N) is 1. The van der Waals surface area contributed by atoms with E-state index >= 15 is 0 Å². The fourth-order valence-electron chi connectivity index (χ4n) is 2.97. The van der Waals surface area contributed by atoms with Gasteiger partial charge in [0.15, 0.2) is 0 Å². The molecule has 8 heteroatoms. The van der Waals surface area contributed by atoms with Crippen molar-refractivity contribution in [1.82, 2.24) is 4.90 Å². The number of rotatable bonds is 5. The first-order chi connectivity index (χ1) is 13.4. The van der Waals surface area contributed by atoms with Crippen LogP contribution in [0.25, 0.3) is 0 Å². The summed E-state index contributed by atoms with van der Waals surface area (Å²) in [6, 6.07) is 11.3. The largest absolute Gasteiger partial charge is 0.341 e. The van der Waals surface area contributed by atoms with Crippen LogP contribution in [0.4, 0.5) is 11.4 Å². The number of hydrogen-bond donors (Lipinski definition) is 1. The molecule has 7 nitrogen and oxygen atoms in total. The summed E-state index contributed by atoms with van der Waals surface area (Å²) in [7, 11) is 0. The van der Waals surface area contributed by atoms with Crippen molar-refractivity contribution >= 4 is 35.0 Å². The van der Waals surface area contributed by atoms with Crippen molar-refractivity contribution in [3.05, 3.63) is 69.3 Å². The van der Waals surface area contributed by atoms with E-state index in [-0.39, 0.29) is 17.2 Å². The van der Waals surface area contributed by atoms with Gasteiger partial charge in [-0.05, 0) is 30.2 Å². The number of non-ortho nitro benzene ring substituents is 1. The molecule has 2 amide bonds. The molecule has 0 aliphatic carbocycles. The zero-order chi connectivity index (χ0) is 20.1. The molecule has 28 heavy (non-hydrogen) atoms. The van der Waals surface area contributed by atoms with E-state index in [9.17, 15) is 19.7 Å². The number of anilines is 1. The number of amides is 2. The lowest BCUT2D eigenvalue weighted by atomic mass is 10.1. The number of hydrogen-bond acceptors (Lipinski definition) is 5. The Balaban J connectivity index is 1.64. The van der Waals surface area contributed by atoms with Crippen LogP contribution in [0.2, 0.25) is 0 Å². The molecular formula is C20H21N3O4S. The maximum atomic E-state index is 12.5. The van der Waals surface area contributed by atoms with Crippen LogP contribution >= 0.6 is 11.8 Å². The van der Waals surface area contributed by atoms with Gasteiger partial charge in [-0.15, -0.1) is 0 Å². The summed E-state index contributed by atoms with van der Waals surface area (Å²) < 4.78 is 0. The molecule has 0 spiro atoms. The second kappa shape index (κ2) is 8.88. The summed E-state index contributed by atoms with van der Waals surface area (Å²) in [5.41, 5.74) is 2.25. The Labute approximate surface area is 167 Å². The average Bonchev–Trinajstić information content (AvgIpc) is 2.70. The van der Waals surface area contributed by atoms with Crippen molar-refractivity contribution in [1.29, 1.82) is 0 Å². The Morgan fingerprint density at radius 3 is 2.46 bits per heavy atom. The van der Waals surface area contributed by atoms with Crippen molar-refractivity contribution in [2.75, 3.05) is 29.9 Å². The number of nitro groups is 1. The smallest absolute Gasteiger partial charge is 0.270 e. The highest BCUT2D eigenvalue weighted by atomic mass is 32.2. The van der Waals surface area contributed by atoms with Crippen LogP contribution in [0.5, 0.6) is 0 Å². The Kier molecular flexibility index (Phi) is 6.30. The topological polar surface area (TPSA) is 92.5 Å². The second-order valence-electron chi connectivity index (χ2n) is 6.58. The SMILES string of the molecule is Cc1ccc([N+](=O)[O-])cc1C(=O)Nc1ccc(CC(=O)N2CCSCC2)cc1. The lowest BCUT2D eigenvalue weighted by molar-refractivity contribution is -0.384. The highest BCUT2D eigenvalue weighted by Gasteiger charge is 2.17. The molecular weight excluding hydrogens is 378 g/mol. The third-order valence-electron chi connectivity index (χ3n) is 4.61. The van der Waals surface area contributed by atoms with Crippen LogP contribution in [0, 0.1) is 17.0 Å². The molecule has 0 radical (unpaired) electrons. The highest BCUT2D eigenvalue weighted by molar-refractivity contribution is 7.99. The fourth-order valence-corrected chi connectivity index (χ4v) is 3.87. The first kappa shape index (κ1) is 19.9. The summed E-state index contributed by atoms with van der Waals surface area (Å²) in [6.45, 7) is 3.31. The van der Waals surface area contributed by atoms with Gasteiger partial charge in [-0.1, -0.05) is 18.2 Å². The van der Waals surface area contributed by atoms with E-state index in [0.29, 0.717) is 17.7 Å². The molecule has 1 saturated heterocycles.